The summed E-state index contributed by atoms with van der Waals surface area (Å²) in [5.41, 5.74) is 1.58. The molecule has 8 heteroatoms. The number of nitrogens with one attached hydrogen (secondary N) is 1. The smallest absolute Gasteiger partial charge is 0.347 e. The van der Waals surface area contributed by atoms with Gasteiger partial charge in [-0.05, 0) is 49.4 Å². The van der Waals surface area contributed by atoms with Crippen LogP contribution in [0.1, 0.15) is 24.2 Å². The van der Waals surface area contributed by atoms with Crippen molar-refractivity contribution in [3.8, 4) is 11.4 Å². The predicted octanol–water partition coefficient (Wildman–Crippen LogP) is 2.87. The maximum atomic E-state index is 13.6. The number of hydrogen-bond acceptors (Lipinski definition) is 4. The number of nitrogens with zero attached hydrogens (tertiary/aromatic N) is 3. The van der Waals surface area contributed by atoms with Crippen LogP contribution in [0.25, 0.3) is 5.69 Å². The van der Waals surface area contributed by atoms with Crippen molar-refractivity contribution in [1.82, 2.24) is 19.7 Å². The summed E-state index contributed by atoms with van der Waals surface area (Å²) in [4.78, 5) is 26.5. The number of benzene rings is 2. The van der Waals surface area contributed by atoms with Crippen LogP contribution in [-0.2, 0) is 11.2 Å². The third kappa shape index (κ3) is 4.68. The van der Waals surface area contributed by atoms with Crippen LogP contribution in [0.2, 0.25) is 0 Å². The highest BCUT2D eigenvalue weighted by atomic mass is 19.1. The van der Waals surface area contributed by atoms with E-state index in [0.717, 1.165) is 24.1 Å². The molecular formula is C23H25FN4O3. The molecule has 0 spiro atoms. The van der Waals surface area contributed by atoms with Gasteiger partial charge >= 0.3 is 5.69 Å². The van der Waals surface area contributed by atoms with Gasteiger partial charge in [-0.15, -0.1) is 0 Å². The molecular weight excluding hydrogens is 399 g/mol. The van der Waals surface area contributed by atoms with Crippen molar-refractivity contribution in [1.29, 1.82) is 0 Å². The van der Waals surface area contributed by atoms with E-state index in [2.05, 4.69) is 10.2 Å². The second-order valence-corrected chi connectivity index (χ2v) is 7.81. The molecule has 1 amide bonds. The first-order valence-electron chi connectivity index (χ1n) is 10.4. The van der Waals surface area contributed by atoms with Crippen molar-refractivity contribution >= 4 is 5.91 Å². The third-order valence-corrected chi connectivity index (χ3v) is 5.72. The number of para-hydroxylation sites is 2. The molecule has 1 fully saturated rings. The largest absolute Gasteiger partial charge is 0.481 e. The van der Waals surface area contributed by atoms with E-state index in [-0.39, 0.29) is 24.0 Å². The Labute approximate surface area is 179 Å². The van der Waals surface area contributed by atoms with E-state index in [4.69, 9.17) is 4.74 Å². The van der Waals surface area contributed by atoms with Gasteiger partial charge in [-0.2, -0.15) is 5.10 Å². The fourth-order valence-corrected chi connectivity index (χ4v) is 3.97. The number of aromatic nitrogens is 3. The summed E-state index contributed by atoms with van der Waals surface area (Å²) in [6.07, 6.45) is 2.27. The molecule has 1 saturated heterocycles. The zero-order valence-electron chi connectivity index (χ0n) is 17.4. The van der Waals surface area contributed by atoms with Crippen molar-refractivity contribution in [2.75, 3.05) is 19.7 Å². The van der Waals surface area contributed by atoms with Gasteiger partial charge in [0.15, 0.2) is 18.2 Å². The number of hydrogen-bond donors (Lipinski definition) is 1. The molecule has 0 aliphatic carbocycles. The molecule has 1 N–H and O–H groups in total. The SMILES string of the molecule is Cc1ccccc1-n1c(CC2CCN(C(=O)COc3ccccc3F)CC2)n[nH]c1=O. The summed E-state index contributed by atoms with van der Waals surface area (Å²) < 4.78 is 20.6. The molecule has 0 saturated carbocycles. The van der Waals surface area contributed by atoms with Crippen LogP contribution >= 0.6 is 0 Å². The molecule has 31 heavy (non-hydrogen) atoms. The van der Waals surface area contributed by atoms with Gasteiger partial charge in [0.1, 0.15) is 5.82 Å². The van der Waals surface area contributed by atoms with Crippen molar-refractivity contribution in [2.24, 2.45) is 5.92 Å². The van der Waals surface area contributed by atoms with Gasteiger partial charge in [-0.25, -0.2) is 18.9 Å². The van der Waals surface area contributed by atoms with E-state index in [1.165, 1.54) is 12.1 Å². The van der Waals surface area contributed by atoms with Crippen molar-refractivity contribution in [2.45, 2.75) is 26.2 Å². The number of H-pyrrole nitrogens is 1. The van der Waals surface area contributed by atoms with E-state index in [1.54, 1.807) is 21.6 Å². The number of ether oxygens (including phenoxy) is 1. The monoisotopic (exact) mass is 424 g/mol. The third-order valence-electron chi connectivity index (χ3n) is 5.72. The number of rotatable bonds is 6. The maximum absolute atomic E-state index is 13.6. The molecule has 1 aromatic heterocycles. The number of carbonyl (C=O) groups excluding carboxylic acids is 1. The second-order valence-electron chi connectivity index (χ2n) is 7.81. The molecule has 1 aliphatic rings. The summed E-state index contributed by atoms with van der Waals surface area (Å²) in [5.74, 6) is 0.464. The zero-order chi connectivity index (χ0) is 21.8. The summed E-state index contributed by atoms with van der Waals surface area (Å²) in [5, 5.41) is 6.80. The Hall–Kier alpha value is -3.42. The summed E-state index contributed by atoms with van der Waals surface area (Å²) in [7, 11) is 0. The van der Waals surface area contributed by atoms with Gasteiger partial charge in [0.05, 0.1) is 5.69 Å². The Balaban J connectivity index is 1.34. The number of aromatic amines is 1. The maximum Gasteiger partial charge on any atom is 0.347 e. The quantitative estimate of drug-likeness (QED) is 0.660. The van der Waals surface area contributed by atoms with Gasteiger partial charge in [0, 0.05) is 19.5 Å². The molecule has 2 heterocycles. The van der Waals surface area contributed by atoms with Gasteiger partial charge in [-0.3, -0.25) is 4.79 Å². The van der Waals surface area contributed by atoms with Crippen LogP contribution in [0, 0.1) is 18.7 Å². The molecule has 0 radical (unpaired) electrons. The minimum Gasteiger partial charge on any atom is -0.481 e. The van der Waals surface area contributed by atoms with Crippen LogP contribution in [0.15, 0.2) is 53.3 Å². The average molecular weight is 424 g/mol. The standard InChI is InChI=1S/C23H25FN4O3/c1-16-6-2-4-8-19(16)28-21(25-26-23(28)30)14-17-10-12-27(13-11-17)22(29)15-31-20-9-5-3-7-18(20)24/h2-9,17H,10-15H2,1H3,(H,26,30). The molecule has 1 aliphatic heterocycles. The van der Waals surface area contributed by atoms with E-state index in [1.807, 2.05) is 31.2 Å². The fraction of sp³-hybridized carbons (Fsp3) is 0.348. The lowest BCUT2D eigenvalue weighted by Gasteiger charge is -2.31. The highest BCUT2D eigenvalue weighted by Gasteiger charge is 2.25. The number of piperidine rings is 1. The summed E-state index contributed by atoms with van der Waals surface area (Å²) in [6.45, 7) is 2.98. The number of likely N-dealkylation sites (tertiary alicyclic amines) is 1. The molecule has 0 atom stereocenters. The number of carbonyl (C=O) groups is 1. The minimum atomic E-state index is -0.479. The first kappa shape index (κ1) is 20.8. The lowest BCUT2D eigenvalue weighted by atomic mass is 9.93. The van der Waals surface area contributed by atoms with Gasteiger partial charge in [0.25, 0.3) is 5.91 Å². The molecule has 2 aromatic carbocycles. The number of amides is 1. The first-order chi connectivity index (χ1) is 15.0. The Kier molecular flexibility index (Phi) is 6.16. The van der Waals surface area contributed by atoms with E-state index < -0.39 is 5.82 Å². The van der Waals surface area contributed by atoms with E-state index >= 15 is 0 Å². The van der Waals surface area contributed by atoms with Crippen LogP contribution < -0.4 is 10.4 Å². The van der Waals surface area contributed by atoms with Gasteiger partial charge in [-0.1, -0.05) is 30.3 Å². The zero-order valence-corrected chi connectivity index (χ0v) is 17.4. The Morgan fingerprint density at radius 1 is 1.16 bits per heavy atom. The van der Waals surface area contributed by atoms with Gasteiger partial charge in [0.2, 0.25) is 0 Å². The number of aryl methyl sites for hydroxylation is 1. The molecule has 0 bridgehead atoms. The lowest BCUT2D eigenvalue weighted by Crippen LogP contribution is -2.41. The lowest BCUT2D eigenvalue weighted by molar-refractivity contribution is -0.134. The molecule has 4 rings (SSSR count). The van der Waals surface area contributed by atoms with Crippen molar-refractivity contribution < 1.29 is 13.9 Å². The normalized spacial score (nSPS) is 14.6. The second kappa shape index (κ2) is 9.16. The van der Waals surface area contributed by atoms with Gasteiger partial charge < -0.3 is 9.64 Å². The molecule has 162 valence electrons. The highest BCUT2D eigenvalue weighted by Crippen LogP contribution is 2.23. The topological polar surface area (TPSA) is 80.2 Å². The van der Waals surface area contributed by atoms with E-state index in [9.17, 15) is 14.0 Å². The fourth-order valence-electron chi connectivity index (χ4n) is 3.97. The highest BCUT2D eigenvalue weighted by molar-refractivity contribution is 5.77. The molecule has 0 unspecified atom stereocenters. The van der Waals surface area contributed by atoms with E-state index in [0.29, 0.717) is 31.3 Å². The summed E-state index contributed by atoms with van der Waals surface area (Å²) >= 11 is 0. The van der Waals surface area contributed by atoms with Crippen LogP contribution in [0.4, 0.5) is 4.39 Å². The van der Waals surface area contributed by atoms with Crippen LogP contribution in [0.3, 0.4) is 0 Å². The predicted molar refractivity (Wildman–Crippen MR) is 114 cm³/mol. The first-order valence-corrected chi connectivity index (χ1v) is 10.4. The average Bonchev–Trinajstić information content (AvgIpc) is 3.13. The van der Waals surface area contributed by atoms with Crippen molar-refractivity contribution in [3.05, 3.63) is 76.2 Å². The molecule has 7 nitrogen and oxygen atoms in total. The van der Waals surface area contributed by atoms with Crippen molar-refractivity contribution in [3.63, 3.8) is 0 Å². The number of halogens is 1. The molecule has 3 aromatic rings. The van der Waals surface area contributed by atoms with Crippen LogP contribution in [-0.4, -0.2) is 45.3 Å². The Morgan fingerprint density at radius 2 is 1.87 bits per heavy atom. The minimum absolute atomic E-state index is 0.0819. The van der Waals surface area contributed by atoms with Crippen LogP contribution in [0.5, 0.6) is 5.75 Å². The Morgan fingerprint density at radius 3 is 2.61 bits per heavy atom. The Bertz CT molecular complexity index is 1120. The summed E-state index contributed by atoms with van der Waals surface area (Å²) in [6, 6.07) is 13.8.